The van der Waals surface area contributed by atoms with Crippen molar-refractivity contribution in [2.75, 3.05) is 6.54 Å². The number of rotatable bonds is 7. The maximum atomic E-state index is 5.86. The van der Waals surface area contributed by atoms with Gasteiger partial charge in [-0.05, 0) is 43.9 Å². The highest BCUT2D eigenvalue weighted by molar-refractivity contribution is 7.99. The Labute approximate surface area is 121 Å². The number of furan rings is 1. The Bertz CT molecular complexity index is 363. The van der Waals surface area contributed by atoms with Gasteiger partial charge in [0.15, 0.2) is 0 Å². The summed E-state index contributed by atoms with van der Waals surface area (Å²) in [6.45, 7) is 6.49. The summed E-state index contributed by atoms with van der Waals surface area (Å²) < 4.78 is 5.86. The predicted octanol–water partition coefficient (Wildman–Crippen LogP) is 4.59. The van der Waals surface area contributed by atoms with Gasteiger partial charge in [0, 0.05) is 5.25 Å². The molecule has 3 heteroatoms. The van der Waals surface area contributed by atoms with E-state index in [9.17, 15) is 0 Å². The maximum Gasteiger partial charge on any atom is 0.117 e. The van der Waals surface area contributed by atoms with Crippen LogP contribution in [-0.4, -0.2) is 11.8 Å². The Morgan fingerprint density at radius 3 is 2.95 bits per heavy atom. The number of hydrogen-bond acceptors (Lipinski definition) is 3. The lowest BCUT2D eigenvalue weighted by Crippen LogP contribution is -2.15. The van der Waals surface area contributed by atoms with Gasteiger partial charge in [-0.3, -0.25) is 0 Å². The lowest BCUT2D eigenvalue weighted by Gasteiger charge is -2.25. The first-order valence-corrected chi connectivity index (χ1v) is 8.72. The van der Waals surface area contributed by atoms with Crippen molar-refractivity contribution in [3.63, 3.8) is 0 Å². The zero-order valence-electron chi connectivity index (χ0n) is 12.3. The molecule has 19 heavy (non-hydrogen) atoms. The lowest BCUT2D eigenvalue weighted by molar-refractivity contribution is 0.393. The zero-order valence-corrected chi connectivity index (χ0v) is 13.1. The smallest absolute Gasteiger partial charge is 0.117 e. The minimum Gasteiger partial charge on any atom is -0.464 e. The number of nitrogens with one attached hydrogen (secondary N) is 1. The molecule has 1 aromatic heterocycles. The molecule has 1 aliphatic carbocycles. The molecule has 0 aliphatic heterocycles. The molecule has 0 bridgehead atoms. The van der Waals surface area contributed by atoms with Crippen LogP contribution in [0, 0.1) is 5.92 Å². The van der Waals surface area contributed by atoms with Crippen molar-refractivity contribution < 1.29 is 4.42 Å². The van der Waals surface area contributed by atoms with Crippen LogP contribution in [0.3, 0.4) is 0 Å². The van der Waals surface area contributed by atoms with Gasteiger partial charge in [-0.15, -0.1) is 0 Å². The van der Waals surface area contributed by atoms with E-state index in [4.69, 9.17) is 4.42 Å². The summed E-state index contributed by atoms with van der Waals surface area (Å²) in [5, 5.41) is 4.22. The highest BCUT2D eigenvalue weighted by Crippen LogP contribution is 2.33. The quantitative estimate of drug-likeness (QED) is 0.740. The average molecular weight is 281 g/mol. The molecule has 2 rings (SSSR count). The third kappa shape index (κ3) is 5.23. The van der Waals surface area contributed by atoms with Crippen LogP contribution in [0.25, 0.3) is 0 Å². The molecule has 0 radical (unpaired) electrons. The van der Waals surface area contributed by atoms with E-state index in [2.05, 4.69) is 43.1 Å². The van der Waals surface area contributed by atoms with E-state index in [0.717, 1.165) is 41.5 Å². The third-order valence-corrected chi connectivity index (χ3v) is 5.14. The van der Waals surface area contributed by atoms with Gasteiger partial charge in [0.2, 0.25) is 0 Å². The van der Waals surface area contributed by atoms with Gasteiger partial charge in [-0.1, -0.05) is 26.7 Å². The Kier molecular flexibility index (Phi) is 6.32. The van der Waals surface area contributed by atoms with Crippen molar-refractivity contribution in [2.45, 2.75) is 63.5 Å². The maximum absolute atomic E-state index is 5.86. The van der Waals surface area contributed by atoms with Gasteiger partial charge in [0.25, 0.3) is 0 Å². The second-order valence-corrected chi connectivity index (χ2v) is 7.04. The molecule has 0 aromatic carbocycles. The molecule has 0 saturated heterocycles. The fourth-order valence-corrected chi connectivity index (χ4v) is 4.07. The second-order valence-electron chi connectivity index (χ2n) is 5.75. The van der Waals surface area contributed by atoms with Gasteiger partial charge >= 0.3 is 0 Å². The Morgan fingerprint density at radius 1 is 1.32 bits per heavy atom. The fourth-order valence-electron chi connectivity index (χ4n) is 2.71. The first-order valence-electron chi connectivity index (χ1n) is 7.67. The van der Waals surface area contributed by atoms with Crippen molar-refractivity contribution in [3.8, 4) is 0 Å². The lowest BCUT2D eigenvalue weighted by atomic mass is 9.91. The molecule has 0 amide bonds. The van der Waals surface area contributed by atoms with E-state index < -0.39 is 0 Å². The van der Waals surface area contributed by atoms with Gasteiger partial charge < -0.3 is 9.73 Å². The molecule has 1 aliphatic rings. The van der Waals surface area contributed by atoms with E-state index in [0.29, 0.717) is 0 Å². The summed E-state index contributed by atoms with van der Waals surface area (Å²) in [4.78, 5) is 0. The highest BCUT2D eigenvalue weighted by atomic mass is 32.2. The molecule has 2 unspecified atom stereocenters. The van der Waals surface area contributed by atoms with Gasteiger partial charge in [-0.2, -0.15) is 11.8 Å². The van der Waals surface area contributed by atoms with Crippen molar-refractivity contribution in [3.05, 3.63) is 23.7 Å². The summed E-state index contributed by atoms with van der Waals surface area (Å²) in [5.74, 6) is 4.15. The first-order chi connectivity index (χ1) is 9.28. The molecule has 1 fully saturated rings. The molecule has 1 N–H and O–H groups in total. The third-order valence-electron chi connectivity index (χ3n) is 3.79. The first kappa shape index (κ1) is 15.0. The van der Waals surface area contributed by atoms with Gasteiger partial charge in [0.05, 0.1) is 12.3 Å². The molecular weight excluding hydrogens is 254 g/mol. The number of hydrogen-bond donors (Lipinski definition) is 1. The van der Waals surface area contributed by atoms with Crippen molar-refractivity contribution in [1.82, 2.24) is 5.32 Å². The average Bonchev–Trinajstić information content (AvgIpc) is 2.85. The minimum atomic E-state index is 0.843. The van der Waals surface area contributed by atoms with Crippen molar-refractivity contribution >= 4 is 11.8 Å². The van der Waals surface area contributed by atoms with Crippen LogP contribution in [0.5, 0.6) is 0 Å². The summed E-state index contributed by atoms with van der Waals surface area (Å²) in [6, 6.07) is 4.25. The number of thioether (sulfide) groups is 1. The minimum absolute atomic E-state index is 0.843. The molecule has 108 valence electrons. The fraction of sp³-hybridized carbons (Fsp3) is 0.750. The van der Waals surface area contributed by atoms with E-state index in [1.807, 2.05) is 0 Å². The molecule has 1 heterocycles. The largest absolute Gasteiger partial charge is 0.464 e. The molecular formula is C16H27NOS. The monoisotopic (exact) mass is 281 g/mol. The second kappa shape index (κ2) is 8.01. The van der Waals surface area contributed by atoms with Crippen LogP contribution in [-0.2, 0) is 12.3 Å². The topological polar surface area (TPSA) is 25.2 Å². The normalized spacial score (nSPS) is 23.7. The van der Waals surface area contributed by atoms with Crippen LogP contribution >= 0.6 is 11.8 Å². The molecule has 1 saturated carbocycles. The van der Waals surface area contributed by atoms with Crippen molar-refractivity contribution in [2.24, 2.45) is 5.92 Å². The van der Waals surface area contributed by atoms with Crippen LogP contribution in [0.4, 0.5) is 0 Å². The zero-order chi connectivity index (χ0) is 13.5. The molecule has 1 aromatic rings. The Morgan fingerprint density at radius 2 is 2.16 bits per heavy atom. The van der Waals surface area contributed by atoms with E-state index >= 15 is 0 Å². The summed E-state index contributed by atoms with van der Waals surface area (Å²) in [7, 11) is 0. The van der Waals surface area contributed by atoms with E-state index in [-0.39, 0.29) is 0 Å². The molecule has 2 atom stereocenters. The highest BCUT2D eigenvalue weighted by Gasteiger charge is 2.19. The summed E-state index contributed by atoms with van der Waals surface area (Å²) in [5.41, 5.74) is 0. The van der Waals surface area contributed by atoms with Crippen molar-refractivity contribution in [1.29, 1.82) is 0 Å². The van der Waals surface area contributed by atoms with Gasteiger partial charge in [0.1, 0.15) is 11.5 Å². The predicted molar refractivity (Wildman–Crippen MR) is 83.4 cm³/mol. The van der Waals surface area contributed by atoms with E-state index in [1.54, 1.807) is 0 Å². The van der Waals surface area contributed by atoms with Gasteiger partial charge in [-0.25, -0.2) is 0 Å². The Balaban J connectivity index is 1.70. The SMILES string of the molecule is CCCNCc1ccc(CSC2CCCC(C)C2)o1. The van der Waals surface area contributed by atoms with E-state index in [1.165, 1.54) is 32.1 Å². The van der Waals surface area contributed by atoms with Crippen LogP contribution in [0.1, 0.15) is 57.5 Å². The molecule has 2 nitrogen and oxygen atoms in total. The van der Waals surface area contributed by atoms with Crippen LogP contribution < -0.4 is 5.32 Å². The Hall–Kier alpha value is -0.410. The van der Waals surface area contributed by atoms with Crippen LogP contribution in [0.2, 0.25) is 0 Å². The standard InChI is InChI=1S/C16H27NOS/c1-3-9-17-11-14-7-8-15(18-14)12-19-16-6-4-5-13(2)10-16/h7-8,13,16-17H,3-6,9-12H2,1-2H3. The summed E-state index contributed by atoms with van der Waals surface area (Å²) in [6.07, 6.45) is 6.77. The molecule has 0 spiro atoms. The van der Waals surface area contributed by atoms with Crippen LogP contribution in [0.15, 0.2) is 16.5 Å². The summed E-state index contributed by atoms with van der Waals surface area (Å²) >= 11 is 2.08.